The smallest absolute Gasteiger partial charge is 0.333 e. The second-order valence-corrected chi connectivity index (χ2v) is 12.0. The Hall–Kier alpha value is -4.05. The summed E-state index contributed by atoms with van der Waals surface area (Å²) in [5, 5.41) is 22.5. The Labute approximate surface area is 228 Å². The van der Waals surface area contributed by atoms with Crippen molar-refractivity contribution in [1.82, 2.24) is 9.03 Å². The molecule has 39 heavy (non-hydrogen) atoms. The number of carboxylic acids is 1. The summed E-state index contributed by atoms with van der Waals surface area (Å²) in [4.78, 5) is 33.2. The first-order chi connectivity index (χ1) is 18.3. The molecule has 3 aromatic rings. The molecule has 0 unspecified atom stereocenters. The second kappa shape index (κ2) is 12.2. The van der Waals surface area contributed by atoms with Crippen molar-refractivity contribution < 1.29 is 36.5 Å². The number of hydrogen-bond acceptors (Lipinski definition) is 8. The van der Waals surface area contributed by atoms with Crippen LogP contribution in [0.3, 0.4) is 0 Å². The molecule has 0 radical (unpaired) electrons. The van der Waals surface area contributed by atoms with Gasteiger partial charge in [0, 0.05) is 35.9 Å². The number of benzene rings is 3. The number of urea groups is 1. The van der Waals surface area contributed by atoms with Crippen LogP contribution in [0.5, 0.6) is 0 Å². The van der Waals surface area contributed by atoms with Crippen molar-refractivity contribution in [3.63, 3.8) is 0 Å². The number of sulfonamides is 2. The van der Waals surface area contributed by atoms with Crippen molar-refractivity contribution in [2.45, 2.75) is 22.8 Å². The van der Waals surface area contributed by atoms with Gasteiger partial charge in [-0.3, -0.25) is 14.9 Å². The first-order valence-electron chi connectivity index (χ1n) is 10.9. The van der Waals surface area contributed by atoms with E-state index in [1.54, 1.807) is 0 Å². The molecule has 206 valence electrons. The summed E-state index contributed by atoms with van der Waals surface area (Å²) in [6.45, 7) is -0.627. The molecular weight excluding hydrogens is 576 g/mol. The number of anilines is 1. The number of hydrogen-bond donors (Lipinski definition) is 3. The van der Waals surface area contributed by atoms with Gasteiger partial charge >= 0.3 is 12.0 Å². The highest BCUT2D eigenvalue weighted by atomic mass is 35.5. The average molecular weight is 597 g/mol. The summed E-state index contributed by atoms with van der Waals surface area (Å²) in [6.07, 6.45) is -0.492. The molecule has 16 heteroatoms. The molecule has 0 saturated carbocycles. The SMILES string of the molecule is O=C(O)CCN(Cc1ccc([N+](=O)[O-])cc1)S(=O)(=O)c1ccc(NC(=O)NS(=O)(=O)c2ccc(Cl)cc2)cc1. The van der Waals surface area contributed by atoms with E-state index in [1.165, 1.54) is 60.7 Å². The number of rotatable bonds is 11. The van der Waals surface area contributed by atoms with Gasteiger partial charge in [0.1, 0.15) is 0 Å². The summed E-state index contributed by atoms with van der Waals surface area (Å²) in [5.74, 6) is -1.22. The highest BCUT2D eigenvalue weighted by molar-refractivity contribution is 7.90. The number of non-ortho nitro benzene ring substituents is 1. The molecule has 0 aliphatic carbocycles. The van der Waals surface area contributed by atoms with Crippen LogP contribution in [0.4, 0.5) is 16.2 Å². The lowest BCUT2D eigenvalue weighted by molar-refractivity contribution is -0.384. The first-order valence-corrected chi connectivity index (χ1v) is 14.2. The number of carboxylic acid groups (broad SMARTS) is 1. The number of nitrogens with zero attached hydrogens (tertiary/aromatic N) is 2. The van der Waals surface area contributed by atoms with E-state index in [0.29, 0.717) is 10.6 Å². The van der Waals surface area contributed by atoms with E-state index < -0.39 is 43.4 Å². The van der Waals surface area contributed by atoms with Crippen molar-refractivity contribution in [3.05, 3.63) is 93.5 Å². The van der Waals surface area contributed by atoms with E-state index in [1.807, 2.05) is 4.72 Å². The van der Waals surface area contributed by atoms with Crippen molar-refractivity contribution in [3.8, 4) is 0 Å². The molecular formula is C23H21ClN4O9S2. The summed E-state index contributed by atoms with van der Waals surface area (Å²) < 4.78 is 53.9. The number of halogens is 1. The Bertz CT molecular complexity index is 1580. The first kappa shape index (κ1) is 29.5. The normalized spacial score (nSPS) is 11.6. The van der Waals surface area contributed by atoms with Crippen LogP contribution in [0.2, 0.25) is 5.02 Å². The van der Waals surface area contributed by atoms with Crippen LogP contribution in [0.25, 0.3) is 0 Å². The van der Waals surface area contributed by atoms with Crippen molar-refractivity contribution in [2.75, 3.05) is 11.9 Å². The third-order valence-electron chi connectivity index (χ3n) is 5.18. The monoisotopic (exact) mass is 596 g/mol. The predicted molar refractivity (Wildman–Crippen MR) is 140 cm³/mol. The molecule has 13 nitrogen and oxygen atoms in total. The van der Waals surface area contributed by atoms with Crippen LogP contribution >= 0.6 is 11.6 Å². The van der Waals surface area contributed by atoms with Gasteiger partial charge in [0.25, 0.3) is 15.7 Å². The number of nitro benzene ring substituents is 1. The maximum Gasteiger partial charge on any atom is 0.333 e. The summed E-state index contributed by atoms with van der Waals surface area (Å²) in [5.41, 5.74) is 0.281. The molecule has 0 atom stereocenters. The van der Waals surface area contributed by atoms with Gasteiger partial charge in [-0.2, -0.15) is 4.31 Å². The molecule has 0 fully saturated rings. The Kier molecular flexibility index (Phi) is 9.24. The highest BCUT2D eigenvalue weighted by Gasteiger charge is 2.26. The largest absolute Gasteiger partial charge is 0.481 e. The minimum atomic E-state index is -4.23. The molecule has 0 bridgehead atoms. The lowest BCUT2D eigenvalue weighted by Crippen LogP contribution is -2.34. The zero-order chi connectivity index (χ0) is 28.8. The molecule has 0 spiro atoms. The molecule has 0 heterocycles. The minimum absolute atomic E-state index is 0.0743. The van der Waals surface area contributed by atoms with E-state index in [9.17, 15) is 36.5 Å². The van der Waals surface area contributed by atoms with Gasteiger partial charge in [0.15, 0.2) is 0 Å². The van der Waals surface area contributed by atoms with Gasteiger partial charge in [0.2, 0.25) is 10.0 Å². The van der Waals surface area contributed by atoms with Gasteiger partial charge in [-0.15, -0.1) is 0 Å². The number of carbonyl (C=O) groups is 2. The third-order valence-corrected chi connectivity index (χ3v) is 8.64. The molecule has 2 amide bonds. The third kappa shape index (κ3) is 7.97. The number of aliphatic carboxylic acids is 1. The Morgan fingerprint density at radius 1 is 0.897 bits per heavy atom. The summed E-state index contributed by atoms with van der Waals surface area (Å²) in [7, 11) is -8.43. The van der Waals surface area contributed by atoms with Gasteiger partial charge in [-0.25, -0.2) is 26.4 Å². The zero-order valence-corrected chi connectivity index (χ0v) is 22.2. The van der Waals surface area contributed by atoms with Crippen molar-refractivity contribution in [2.24, 2.45) is 0 Å². The molecule has 0 aliphatic heterocycles. The molecule has 0 aliphatic rings. The number of nitrogens with one attached hydrogen (secondary N) is 2. The Morgan fingerprint density at radius 2 is 1.46 bits per heavy atom. The standard InChI is InChI=1S/C23H21ClN4O9S2/c24-17-3-9-20(10-4-17)38(34,35)26-23(31)25-18-5-11-21(12-6-18)39(36,37)27(14-13-22(29)30)15-16-1-7-19(8-2-16)28(32)33/h1-12H,13-15H2,(H,29,30)(H2,25,26,31). The number of amides is 2. The zero-order valence-electron chi connectivity index (χ0n) is 19.9. The fraction of sp³-hybridized carbons (Fsp3) is 0.130. The maximum atomic E-state index is 13.3. The maximum absolute atomic E-state index is 13.3. The van der Waals surface area contributed by atoms with E-state index in [0.717, 1.165) is 16.4 Å². The van der Waals surface area contributed by atoms with E-state index in [4.69, 9.17) is 16.7 Å². The topological polar surface area (TPSA) is 193 Å². The van der Waals surface area contributed by atoms with Crippen LogP contribution in [0.1, 0.15) is 12.0 Å². The lowest BCUT2D eigenvalue weighted by Gasteiger charge is -2.22. The van der Waals surface area contributed by atoms with Crippen LogP contribution < -0.4 is 10.0 Å². The van der Waals surface area contributed by atoms with Crippen LogP contribution in [-0.4, -0.2) is 49.7 Å². The number of carbonyl (C=O) groups excluding carboxylic acids is 1. The number of nitro groups is 1. The minimum Gasteiger partial charge on any atom is -0.481 e. The Balaban J connectivity index is 1.74. The molecule has 3 rings (SSSR count). The van der Waals surface area contributed by atoms with Gasteiger partial charge in [-0.05, 0) is 54.1 Å². The van der Waals surface area contributed by atoms with Crippen LogP contribution in [-0.2, 0) is 31.4 Å². The van der Waals surface area contributed by atoms with Crippen molar-refractivity contribution in [1.29, 1.82) is 0 Å². The van der Waals surface area contributed by atoms with Crippen LogP contribution in [0.15, 0.2) is 82.6 Å². The van der Waals surface area contributed by atoms with E-state index in [-0.39, 0.29) is 34.3 Å². The van der Waals surface area contributed by atoms with Gasteiger partial charge in [0.05, 0.1) is 21.1 Å². The van der Waals surface area contributed by atoms with Gasteiger partial charge in [-0.1, -0.05) is 23.7 Å². The van der Waals surface area contributed by atoms with Gasteiger partial charge < -0.3 is 10.4 Å². The Morgan fingerprint density at radius 3 is 2.00 bits per heavy atom. The molecule has 0 saturated heterocycles. The highest BCUT2D eigenvalue weighted by Crippen LogP contribution is 2.22. The van der Waals surface area contributed by atoms with E-state index >= 15 is 0 Å². The van der Waals surface area contributed by atoms with Crippen molar-refractivity contribution >= 4 is 55.0 Å². The molecule has 3 aromatic carbocycles. The summed E-state index contributed by atoms with van der Waals surface area (Å²) >= 11 is 5.74. The second-order valence-electron chi connectivity index (χ2n) is 7.94. The average Bonchev–Trinajstić information content (AvgIpc) is 2.86. The molecule has 3 N–H and O–H groups in total. The quantitative estimate of drug-likeness (QED) is 0.219. The summed E-state index contributed by atoms with van der Waals surface area (Å²) in [6, 6.07) is 13.9. The van der Waals surface area contributed by atoms with Crippen LogP contribution in [0, 0.1) is 10.1 Å². The lowest BCUT2D eigenvalue weighted by atomic mass is 10.2. The predicted octanol–water partition coefficient (Wildman–Crippen LogP) is 3.42. The fourth-order valence-electron chi connectivity index (χ4n) is 3.24. The molecule has 0 aromatic heterocycles. The van der Waals surface area contributed by atoms with E-state index in [2.05, 4.69) is 5.32 Å². The fourth-order valence-corrected chi connectivity index (χ4v) is 5.70.